The standard InChI is InChI=1S/C16H13IN4O3S2/c1-21-11-10-14(24-8-9-6-4-3-5-7-9)18-16(26(2,22)23)19-15(10)25-12(11)13(17)20-21/h3-7H,8H2,1-2H3. The first-order valence-corrected chi connectivity index (χ1v) is 11.3. The first-order chi connectivity index (χ1) is 12.3. The highest BCUT2D eigenvalue weighted by Gasteiger charge is 2.23. The molecule has 0 unspecified atom stereocenters. The fourth-order valence-electron chi connectivity index (χ4n) is 2.61. The number of aromatic nitrogens is 4. The second kappa shape index (κ2) is 6.43. The SMILES string of the molecule is Cn1nc(I)c2sc3nc(S(C)(=O)=O)nc(OCc4ccccc4)c3c21. The molecule has 134 valence electrons. The Labute approximate surface area is 167 Å². The maximum atomic E-state index is 12.0. The number of hydrogen-bond donors (Lipinski definition) is 0. The van der Waals surface area contributed by atoms with Crippen molar-refractivity contribution in [3.8, 4) is 5.88 Å². The van der Waals surface area contributed by atoms with E-state index in [1.807, 2.05) is 37.4 Å². The van der Waals surface area contributed by atoms with Crippen LogP contribution in [-0.2, 0) is 23.5 Å². The zero-order valence-corrected chi connectivity index (χ0v) is 17.6. The van der Waals surface area contributed by atoms with Crippen molar-refractivity contribution < 1.29 is 13.2 Å². The van der Waals surface area contributed by atoms with Crippen LogP contribution < -0.4 is 4.74 Å². The van der Waals surface area contributed by atoms with Gasteiger partial charge < -0.3 is 4.74 Å². The number of aryl methyl sites for hydroxylation is 1. The van der Waals surface area contributed by atoms with E-state index >= 15 is 0 Å². The summed E-state index contributed by atoms with van der Waals surface area (Å²) < 4.78 is 33.4. The minimum absolute atomic E-state index is 0.234. The van der Waals surface area contributed by atoms with Crippen LogP contribution in [0.2, 0.25) is 0 Å². The monoisotopic (exact) mass is 500 g/mol. The van der Waals surface area contributed by atoms with Gasteiger partial charge in [0.2, 0.25) is 15.7 Å². The first-order valence-electron chi connectivity index (χ1n) is 7.54. The van der Waals surface area contributed by atoms with Gasteiger partial charge >= 0.3 is 0 Å². The molecule has 0 fully saturated rings. The van der Waals surface area contributed by atoms with Crippen molar-refractivity contribution in [1.82, 2.24) is 19.7 Å². The molecule has 0 spiro atoms. The molecule has 4 aromatic rings. The van der Waals surface area contributed by atoms with Gasteiger partial charge in [-0.15, -0.1) is 11.3 Å². The number of sulfone groups is 1. The van der Waals surface area contributed by atoms with Crippen molar-refractivity contribution in [2.75, 3.05) is 6.26 Å². The smallest absolute Gasteiger partial charge is 0.251 e. The predicted molar refractivity (Wildman–Crippen MR) is 108 cm³/mol. The molecule has 0 aliphatic heterocycles. The van der Waals surface area contributed by atoms with Crippen molar-refractivity contribution >= 4 is 64.2 Å². The molecule has 0 aliphatic carbocycles. The number of fused-ring (bicyclic) bond motifs is 3. The average Bonchev–Trinajstić information content (AvgIpc) is 3.11. The summed E-state index contributed by atoms with van der Waals surface area (Å²) in [5.74, 6) is 0.255. The molecule has 0 N–H and O–H groups in total. The Balaban J connectivity index is 1.93. The highest BCUT2D eigenvalue weighted by atomic mass is 127. The molecule has 0 aliphatic rings. The quantitative estimate of drug-likeness (QED) is 0.316. The molecule has 1 aromatic carbocycles. The van der Waals surface area contributed by atoms with Crippen LogP contribution in [0.25, 0.3) is 20.4 Å². The van der Waals surface area contributed by atoms with Gasteiger partial charge in [0.25, 0.3) is 5.16 Å². The lowest BCUT2D eigenvalue weighted by Crippen LogP contribution is -2.07. The molecular formula is C16H13IN4O3S2. The molecular weight excluding hydrogens is 487 g/mol. The largest absolute Gasteiger partial charge is 0.472 e. The van der Waals surface area contributed by atoms with Crippen molar-refractivity contribution in [2.24, 2.45) is 7.05 Å². The molecule has 3 heterocycles. The number of benzene rings is 1. The van der Waals surface area contributed by atoms with Gasteiger partial charge in [-0.25, -0.2) is 13.4 Å². The molecule has 0 saturated heterocycles. The average molecular weight is 500 g/mol. The fourth-order valence-corrected chi connectivity index (χ4v) is 5.15. The second-order valence-corrected chi connectivity index (χ2v) is 9.66. The van der Waals surface area contributed by atoms with E-state index in [1.54, 1.807) is 4.68 Å². The van der Waals surface area contributed by atoms with Gasteiger partial charge in [0.15, 0.2) is 0 Å². The van der Waals surface area contributed by atoms with E-state index < -0.39 is 9.84 Å². The lowest BCUT2D eigenvalue weighted by molar-refractivity contribution is 0.295. The lowest BCUT2D eigenvalue weighted by Gasteiger charge is -2.08. The maximum absolute atomic E-state index is 12.0. The number of halogens is 1. The molecule has 0 atom stereocenters. The van der Waals surface area contributed by atoms with Crippen LogP contribution in [0, 0.1) is 3.70 Å². The third-order valence-electron chi connectivity index (χ3n) is 3.77. The number of nitrogens with zero attached hydrogens (tertiary/aromatic N) is 4. The van der Waals surface area contributed by atoms with E-state index in [9.17, 15) is 8.42 Å². The van der Waals surface area contributed by atoms with Gasteiger partial charge in [0.05, 0.1) is 15.6 Å². The summed E-state index contributed by atoms with van der Waals surface area (Å²) >= 11 is 3.54. The van der Waals surface area contributed by atoms with E-state index in [4.69, 9.17) is 4.74 Å². The topological polar surface area (TPSA) is 87.0 Å². The van der Waals surface area contributed by atoms with Crippen LogP contribution in [0.3, 0.4) is 0 Å². The first kappa shape index (κ1) is 17.6. The van der Waals surface area contributed by atoms with Crippen LogP contribution in [-0.4, -0.2) is 34.4 Å². The van der Waals surface area contributed by atoms with Crippen molar-refractivity contribution in [1.29, 1.82) is 0 Å². The summed E-state index contributed by atoms with van der Waals surface area (Å²) in [6.45, 7) is 0.280. The Morgan fingerprint density at radius 2 is 1.96 bits per heavy atom. The van der Waals surface area contributed by atoms with Crippen LogP contribution in [0.4, 0.5) is 0 Å². The minimum atomic E-state index is -3.56. The van der Waals surface area contributed by atoms with E-state index in [1.165, 1.54) is 11.3 Å². The lowest BCUT2D eigenvalue weighted by atomic mass is 10.2. The molecule has 0 radical (unpaired) electrons. The van der Waals surface area contributed by atoms with E-state index in [-0.39, 0.29) is 17.6 Å². The Kier molecular flexibility index (Phi) is 4.35. The van der Waals surface area contributed by atoms with Gasteiger partial charge in [-0.1, -0.05) is 30.3 Å². The molecule has 3 aromatic heterocycles. The van der Waals surface area contributed by atoms with Crippen LogP contribution >= 0.6 is 33.9 Å². The minimum Gasteiger partial charge on any atom is -0.472 e. The Hall–Kier alpha value is -1.79. The van der Waals surface area contributed by atoms with Gasteiger partial charge in [-0.05, 0) is 28.2 Å². The fraction of sp³-hybridized carbons (Fsp3) is 0.188. The normalized spacial score (nSPS) is 12.1. The zero-order chi connectivity index (χ0) is 18.5. The van der Waals surface area contributed by atoms with Crippen LogP contribution in [0.1, 0.15) is 5.56 Å². The summed E-state index contributed by atoms with van der Waals surface area (Å²) in [6.07, 6.45) is 1.09. The van der Waals surface area contributed by atoms with Gasteiger partial charge in [0, 0.05) is 13.3 Å². The highest BCUT2D eigenvalue weighted by Crippen LogP contribution is 2.39. The molecule has 4 rings (SSSR count). The Morgan fingerprint density at radius 1 is 1.23 bits per heavy atom. The molecule has 26 heavy (non-hydrogen) atoms. The summed E-state index contributed by atoms with van der Waals surface area (Å²) in [4.78, 5) is 9.02. The van der Waals surface area contributed by atoms with Crippen molar-refractivity contribution in [3.63, 3.8) is 0 Å². The molecule has 10 heteroatoms. The molecule has 7 nitrogen and oxygen atoms in total. The third-order valence-corrected chi connectivity index (χ3v) is 6.82. The number of ether oxygens (including phenoxy) is 1. The Morgan fingerprint density at radius 3 is 2.65 bits per heavy atom. The molecule has 0 bridgehead atoms. The summed E-state index contributed by atoms with van der Waals surface area (Å²) in [5.41, 5.74) is 1.81. The molecule has 0 amide bonds. The number of hydrogen-bond acceptors (Lipinski definition) is 7. The Bertz CT molecular complexity index is 1230. The van der Waals surface area contributed by atoms with E-state index in [0.717, 1.165) is 25.7 Å². The second-order valence-electron chi connectivity index (χ2n) is 5.73. The van der Waals surface area contributed by atoms with Gasteiger partial charge in [0.1, 0.15) is 15.1 Å². The summed E-state index contributed by atoms with van der Waals surface area (Å²) in [6, 6.07) is 9.64. The van der Waals surface area contributed by atoms with Crippen LogP contribution in [0.5, 0.6) is 5.88 Å². The number of rotatable bonds is 4. The highest BCUT2D eigenvalue weighted by molar-refractivity contribution is 14.1. The third kappa shape index (κ3) is 3.05. The van der Waals surface area contributed by atoms with E-state index in [2.05, 4.69) is 37.7 Å². The summed E-state index contributed by atoms with van der Waals surface area (Å²) in [7, 11) is -1.72. The number of thiophene rings is 1. The zero-order valence-electron chi connectivity index (χ0n) is 13.8. The van der Waals surface area contributed by atoms with E-state index in [0.29, 0.717) is 10.2 Å². The predicted octanol–water partition coefficient (Wildman–Crippen LogP) is 3.17. The van der Waals surface area contributed by atoms with Gasteiger partial charge in [-0.2, -0.15) is 10.1 Å². The van der Waals surface area contributed by atoms with Crippen molar-refractivity contribution in [2.45, 2.75) is 11.8 Å². The van der Waals surface area contributed by atoms with Gasteiger partial charge in [-0.3, -0.25) is 4.68 Å². The van der Waals surface area contributed by atoms with Crippen LogP contribution in [0.15, 0.2) is 35.5 Å². The molecule has 0 saturated carbocycles. The maximum Gasteiger partial charge on any atom is 0.251 e. The summed E-state index contributed by atoms with van der Waals surface area (Å²) in [5, 5.41) is 4.87. The van der Waals surface area contributed by atoms with Crippen molar-refractivity contribution in [3.05, 3.63) is 39.6 Å².